The van der Waals surface area contributed by atoms with Crippen molar-refractivity contribution in [2.75, 3.05) is 6.61 Å². The summed E-state index contributed by atoms with van der Waals surface area (Å²) in [5, 5.41) is 29.7. The molecule has 174 valence electrons. The van der Waals surface area contributed by atoms with Crippen molar-refractivity contribution in [1.29, 1.82) is 5.26 Å². The van der Waals surface area contributed by atoms with E-state index in [1.165, 1.54) is 6.07 Å². The maximum atomic E-state index is 11.9. The van der Waals surface area contributed by atoms with Gasteiger partial charge < -0.3 is 34.5 Å². The average Bonchev–Trinajstić information content (AvgIpc) is 2.82. The van der Waals surface area contributed by atoms with Crippen molar-refractivity contribution in [3.05, 3.63) is 33.1 Å². The van der Waals surface area contributed by atoms with E-state index >= 15 is 0 Å². The van der Waals surface area contributed by atoms with E-state index in [-0.39, 0.29) is 0 Å². The molecule has 2 rings (SSSR count). The number of hydrogen-bond donors (Lipinski definition) is 7. The van der Waals surface area contributed by atoms with E-state index in [2.05, 4.69) is 13.1 Å². The summed E-state index contributed by atoms with van der Waals surface area (Å²) in [6.45, 7) is -1.20. The number of hydrogen-bond acceptors (Lipinski definition) is 12. The van der Waals surface area contributed by atoms with E-state index in [1.54, 1.807) is 4.98 Å². The maximum Gasteiger partial charge on any atom is 0.490 e. The van der Waals surface area contributed by atoms with Crippen LogP contribution in [0.3, 0.4) is 0 Å². The number of phosphoric acid groups is 3. The molecule has 1 aromatic rings. The molecule has 1 fully saturated rings. The van der Waals surface area contributed by atoms with Gasteiger partial charge in [0.05, 0.1) is 6.61 Å². The van der Waals surface area contributed by atoms with Crippen LogP contribution < -0.4 is 11.2 Å². The molecule has 0 bridgehead atoms. The van der Waals surface area contributed by atoms with Crippen molar-refractivity contribution < 1.29 is 61.4 Å². The fraction of sp³-hybridized carbons (Fsp3) is 0.500. The van der Waals surface area contributed by atoms with Crippen LogP contribution >= 0.6 is 23.5 Å². The van der Waals surface area contributed by atoms with Crippen LogP contribution in [0.25, 0.3) is 0 Å². The van der Waals surface area contributed by atoms with E-state index < -0.39 is 65.4 Å². The minimum Gasteiger partial charge on any atom is -0.387 e. The van der Waals surface area contributed by atoms with Gasteiger partial charge in [-0.05, 0) is 0 Å². The van der Waals surface area contributed by atoms with Gasteiger partial charge in [0.15, 0.2) is 0 Å². The lowest BCUT2D eigenvalue weighted by molar-refractivity contribution is -0.108. The summed E-state index contributed by atoms with van der Waals surface area (Å²) in [5.41, 5.74) is -4.69. The number of nitrogens with zero attached hydrogens (tertiary/aromatic N) is 2. The molecule has 6 atom stereocenters. The Morgan fingerprint density at radius 1 is 1.16 bits per heavy atom. The van der Waals surface area contributed by atoms with Crippen LogP contribution in [-0.4, -0.2) is 64.3 Å². The second-order valence-corrected chi connectivity index (χ2v) is 10.2. The molecule has 1 aromatic heterocycles. The molecule has 2 heterocycles. The van der Waals surface area contributed by atoms with Gasteiger partial charge in [-0.25, -0.2) is 18.5 Å². The third-order valence-electron chi connectivity index (χ3n) is 3.60. The van der Waals surface area contributed by atoms with E-state index in [0.717, 1.165) is 12.3 Å². The third-order valence-corrected chi connectivity index (χ3v) is 7.40. The minimum atomic E-state index is -5.80. The van der Waals surface area contributed by atoms with Crippen LogP contribution in [0, 0.1) is 11.3 Å². The molecule has 2 unspecified atom stereocenters. The summed E-state index contributed by atoms with van der Waals surface area (Å²) in [7, 11) is -17.0. The van der Waals surface area contributed by atoms with Gasteiger partial charge in [-0.3, -0.25) is 18.9 Å². The van der Waals surface area contributed by atoms with Crippen LogP contribution in [0.2, 0.25) is 0 Å². The van der Waals surface area contributed by atoms with Gasteiger partial charge in [-0.2, -0.15) is 13.9 Å². The van der Waals surface area contributed by atoms with Gasteiger partial charge in [0.2, 0.25) is 0 Å². The molecular formula is C10H14N3O15P3. The molecule has 0 spiro atoms. The summed E-state index contributed by atoms with van der Waals surface area (Å²) in [6.07, 6.45) is -5.25. The molecular weight excluding hydrogens is 498 g/mol. The standard InChI is InChI=1S/C10H14N3O15P3/c11-4-10(13-2-1-6(14)12-9(13)17)8(16)7(15)5(26-10)3-25-30(21,22)28-31(23,24)27-29(18,19)20/h1-2,5,7-8,15-16H,3H2,(H,21,22)(H,23,24)(H,12,14,17)(H2,18,19,20)/t5-,7-,8-,10-/m1/s1/i9+1,12+1,13+1. The number of H-pyrrole nitrogens is 1. The van der Waals surface area contributed by atoms with Crippen LogP contribution in [0.5, 0.6) is 0 Å². The molecule has 0 aromatic carbocycles. The first-order chi connectivity index (χ1) is 14.0. The smallest absolute Gasteiger partial charge is 0.387 e. The normalized spacial score (nSPS) is 30.3. The molecule has 21 heteroatoms. The second kappa shape index (κ2) is 8.77. The van der Waals surface area contributed by atoms with Gasteiger partial charge in [0.25, 0.3) is 11.3 Å². The van der Waals surface area contributed by atoms with E-state index in [4.69, 9.17) is 19.4 Å². The number of aliphatic hydroxyl groups is 2. The Balaban J connectivity index is 2.20. The second-order valence-electron chi connectivity index (χ2n) is 5.77. The van der Waals surface area contributed by atoms with Crippen molar-refractivity contribution in [1.82, 2.24) is 9.55 Å². The van der Waals surface area contributed by atoms with Crippen LogP contribution in [0.4, 0.5) is 0 Å². The summed E-state index contributed by atoms with van der Waals surface area (Å²) >= 11 is 0. The molecule has 31 heavy (non-hydrogen) atoms. The minimum absolute atomic E-state index is 0.424. The van der Waals surface area contributed by atoms with Gasteiger partial charge >= 0.3 is 29.2 Å². The van der Waals surface area contributed by atoms with Crippen molar-refractivity contribution >= 4 is 23.5 Å². The number of phosphoric ester groups is 1. The average molecular weight is 512 g/mol. The first-order valence-electron chi connectivity index (χ1n) is 7.58. The molecule has 1 aliphatic heterocycles. The zero-order valence-electron chi connectivity index (χ0n) is 14.7. The van der Waals surface area contributed by atoms with Crippen molar-refractivity contribution in [2.24, 2.45) is 0 Å². The molecule has 1 saturated heterocycles. The van der Waals surface area contributed by atoms with Gasteiger partial charge in [-0.1, -0.05) is 0 Å². The first-order valence-corrected chi connectivity index (χ1v) is 12.1. The van der Waals surface area contributed by atoms with Crippen LogP contribution in [-0.2, 0) is 37.3 Å². The Bertz CT molecular complexity index is 1130. The number of rotatable bonds is 8. The van der Waals surface area contributed by atoms with Crippen molar-refractivity contribution in [3.63, 3.8) is 0 Å². The fourth-order valence-corrected chi connectivity index (χ4v) is 5.46. The predicted octanol–water partition coefficient (Wildman–Crippen LogP) is -2.82. The molecule has 0 amide bonds. The van der Waals surface area contributed by atoms with E-state index in [0.29, 0.717) is 4.57 Å². The highest BCUT2D eigenvalue weighted by Gasteiger charge is 2.57. The van der Waals surface area contributed by atoms with Crippen LogP contribution in [0.1, 0.15) is 0 Å². The zero-order chi connectivity index (χ0) is 23.8. The SMILES string of the molecule is N#C[C@@]1([15n]2ccc(=O)[15nH][13c]2=O)O[C@H](COP(=O)(O)OP(=O)(O)OP(=O)(O)O)[C@@H](O)[C@H]1O. The number of ether oxygens (including phenoxy) is 1. The maximum absolute atomic E-state index is 11.9. The van der Waals surface area contributed by atoms with E-state index in [9.17, 15) is 43.7 Å². The Labute approximate surface area is 170 Å². The highest BCUT2D eigenvalue weighted by Crippen LogP contribution is 2.66. The number of aliphatic hydroxyl groups excluding tert-OH is 2. The Kier molecular flexibility index (Phi) is 7.28. The topological polar surface area (TPSA) is 288 Å². The highest BCUT2D eigenvalue weighted by molar-refractivity contribution is 7.66. The van der Waals surface area contributed by atoms with Crippen LogP contribution in [0.15, 0.2) is 21.9 Å². The number of aromatic nitrogens is 2. The van der Waals surface area contributed by atoms with Crippen molar-refractivity contribution in [3.8, 4) is 6.07 Å². The largest absolute Gasteiger partial charge is 0.490 e. The molecule has 0 aliphatic carbocycles. The lowest BCUT2D eigenvalue weighted by atomic mass is 10.1. The molecule has 0 saturated carbocycles. The van der Waals surface area contributed by atoms with Gasteiger partial charge in [0.1, 0.15) is 24.4 Å². The lowest BCUT2D eigenvalue weighted by Crippen LogP contribution is -2.50. The van der Waals surface area contributed by atoms with E-state index in [1.807, 2.05) is 0 Å². The fourth-order valence-electron chi connectivity index (χ4n) is 2.43. The summed E-state index contributed by atoms with van der Waals surface area (Å²) in [5.74, 6) is 0. The number of nitrogens with one attached hydrogen (secondary N) is 1. The summed E-state index contributed by atoms with van der Waals surface area (Å²) in [4.78, 5) is 60.3. The van der Waals surface area contributed by atoms with Crippen molar-refractivity contribution in [2.45, 2.75) is 24.0 Å². The van der Waals surface area contributed by atoms with Gasteiger partial charge in [0, 0.05) is 12.3 Å². The predicted molar refractivity (Wildman–Crippen MR) is 91.6 cm³/mol. The molecule has 7 N–H and O–H groups in total. The zero-order valence-corrected chi connectivity index (χ0v) is 17.4. The highest BCUT2D eigenvalue weighted by atomic mass is 31.3. The quantitative estimate of drug-likeness (QED) is 0.173. The van der Waals surface area contributed by atoms with Gasteiger partial charge in [-0.15, -0.1) is 0 Å². The Hall–Kier alpha value is -1.54. The summed E-state index contributed by atoms with van der Waals surface area (Å²) in [6, 6.07) is 2.22. The monoisotopic (exact) mass is 512 g/mol. The molecule has 0 radical (unpaired) electrons. The number of aromatic amines is 1. The lowest BCUT2D eigenvalue weighted by Gasteiger charge is -2.26. The summed E-state index contributed by atoms with van der Waals surface area (Å²) < 4.78 is 50.4. The number of nitriles is 1. The third kappa shape index (κ3) is 6.04. The first kappa shape index (κ1) is 25.7. The molecule has 1 aliphatic rings. The Morgan fingerprint density at radius 3 is 2.29 bits per heavy atom. The Morgan fingerprint density at radius 2 is 1.77 bits per heavy atom. The molecule has 18 nitrogen and oxygen atoms in total.